The Hall–Kier alpha value is -3.35. The molecular weight excluding hydrogens is 444 g/mol. The molecule has 2 unspecified atom stereocenters. The lowest BCUT2D eigenvalue weighted by molar-refractivity contribution is -0.139. The maximum Gasteiger partial charge on any atom is 0.407 e. The van der Waals surface area contributed by atoms with E-state index in [0.717, 1.165) is 35.1 Å². The second-order valence-electron chi connectivity index (χ2n) is 10.6. The number of fused-ring (bicyclic) bond motifs is 3. The van der Waals surface area contributed by atoms with E-state index in [4.69, 9.17) is 9.84 Å². The van der Waals surface area contributed by atoms with Gasteiger partial charge in [-0.05, 0) is 55.9 Å². The van der Waals surface area contributed by atoms with Crippen molar-refractivity contribution in [3.8, 4) is 11.1 Å². The first-order chi connectivity index (χ1) is 16.6. The van der Waals surface area contributed by atoms with Gasteiger partial charge in [0.1, 0.15) is 6.61 Å². The molecule has 3 N–H and O–H groups in total. The fraction of sp³-hybridized carbons (Fsp3) is 0.464. The third kappa shape index (κ3) is 5.34. The molecule has 7 heteroatoms. The Morgan fingerprint density at radius 1 is 1.03 bits per heavy atom. The van der Waals surface area contributed by atoms with Crippen molar-refractivity contribution in [1.82, 2.24) is 10.6 Å². The van der Waals surface area contributed by atoms with Crippen molar-refractivity contribution in [2.75, 3.05) is 6.61 Å². The van der Waals surface area contributed by atoms with Crippen molar-refractivity contribution in [2.24, 2.45) is 5.92 Å². The monoisotopic (exact) mass is 478 g/mol. The largest absolute Gasteiger partial charge is 0.481 e. The number of carboxylic acid groups (broad SMARTS) is 1. The summed E-state index contributed by atoms with van der Waals surface area (Å²) >= 11 is 0. The molecule has 0 saturated heterocycles. The molecule has 0 radical (unpaired) electrons. The van der Waals surface area contributed by atoms with Crippen LogP contribution in [0, 0.1) is 5.92 Å². The SMILES string of the molecule is CC(C)(CC(=O)O)NC(=O)C1CCCCC1(C)NC(=O)OCC1c2ccccc2-c2ccccc21. The minimum atomic E-state index is -0.974. The highest BCUT2D eigenvalue weighted by Crippen LogP contribution is 2.44. The van der Waals surface area contributed by atoms with Gasteiger partial charge in [-0.2, -0.15) is 0 Å². The summed E-state index contributed by atoms with van der Waals surface area (Å²) in [5, 5.41) is 15.0. The highest BCUT2D eigenvalue weighted by molar-refractivity contribution is 5.83. The van der Waals surface area contributed by atoms with Crippen molar-refractivity contribution in [3.63, 3.8) is 0 Å². The number of hydrogen-bond donors (Lipinski definition) is 3. The molecule has 0 aliphatic heterocycles. The van der Waals surface area contributed by atoms with Crippen LogP contribution >= 0.6 is 0 Å². The molecule has 4 rings (SSSR count). The predicted molar refractivity (Wildman–Crippen MR) is 133 cm³/mol. The summed E-state index contributed by atoms with van der Waals surface area (Å²) in [7, 11) is 0. The summed E-state index contributed by atoms with van der Waals surface area (Å²) < 4.78 is 5.73. The van der Waals surface area contributed by atoms with E-state index >= 15 is 0 Å². The first kappa shape index (κ1) is 24.8. The minimum absolute atomic E-state index is 0.0387. The van der Waals surface area contributed by atoms with Crippen LogP contribution in [0.1, 0.15) is 69.9 Å². The van der Waals surface area contributed by atoms with E-state index in [1.807, 2.05) is 31.2 Å². The van der Waals surface area contributed by atoms with E-state index < -0.39 is 29.1 Å². The smallest absolute Gasteiger partial charge is 0.407 e. The van der Waals surface area contributed by atoms with E-state index in [2.05, 4.69) is 34.9 Å². The van der Waals surface area contributed by atoms with E-state index in [1.54, 1.807) is 13.8 Å². The third-order valence-electron chi connectivity index (χ3n) is 7.31. The van der Waals surface area contributed by atoms with Crippen molar-refractivity contribution in [1.29, 1.82) is 0 Å². The van der Waals surface area contributed by atoms with E-state index in [1.165, 1.54) is 0 Å². The number of amides is 2. The van der Waals surface area contributed by atoms with E-state index in [0.29, 0.717) is 12.8 Å². The summed E-state index contributed by atoms with van der Waals surface area (Å²) in [6.45, 7) is 5.47. The number of nitrogens with one attached hydrogen (secondary N) is 2. The van der Waals surface area contributed by atoms with Gasteiger partial charge in [0.2, 0.25) is 5.91 Å². The first-order valence-corrected chi connectivity index (χ1v) is 12.3. The number of carbonyl (C=O) groups excluding carboxylic acids is 2. The summed E-state index contributed by atoms with van der Waals surface area (Å²) in [5.41, 5.74) is 2.95. The van der Waals surface area contributed by atoms with Crippen molar-refractivity contribution >= 4 is 18.0 Å². The fourth-order valence-electron chi connectivity index (χ4n) is 5.61. The Labute approximate surface area is 206 Å². The molecule has 35 heavy (non-hydrogen) atoms. The lowest BCUT2D eigenvalue weighted by atomic mass is 9.73. The lowest BCUT2D eigenvalue weighted by Gasteiger charge is -2.42. The number of benzene rings is 2. The Kier molecular flexibility index (Phi) is 6.88. The molecule has 0 heterocycles. The molecule has 1 saturated carbocycles. The number of rotatable bonds is 7. The Morgan fingerprint density at radius 2 is 1.63 bits per heavy atom. The number of carboxylic acids is 1. The maximum atomic E-state index is 13.1. The fourth-order valence-corrected chi connectivity index (χ4v) is 5.61. The van der Waals surface area contributed by atoms with E-state index in [9.17, 15) is 14.4 Å². The summed E-state index contributed by atoms with van der Waals surface area (Å²) in [6, 6.07) is 16.3. The van der Waals surface area contributed by atoms with Crippen LogP contribution in [0.5, 0.6) is 0 Å². The van der Waals surface area contributed by atoms with Gasteiger partial charge < -0.3 is 20.5 Å². The van der Waals surface area contributed by atoms with Crippen LogP contribution in [0.4, 0.5) is 4.79 Å². The zero-order chi connectivity index (χ0) is 25.2. The quantitative estimate of drug-likeness (QED) is 0.528. The van der Waals surface area contributed by atoms with Crippen LogP contribution in [0.15, 0.2) is 48.5 Å². The molecule has 2 aliphatic carbocycles. The Balaban J connectivity index is 1.43. The molecule has 0 spiro atoms. The van der Waals surface area contributed by atoms with E-state index in [-0.39, 0.29) is 24.9 Å². The molecule has 2 amide bonds. The number of ether oxygens (including phenoxy) is 1. The standard InChI is InChI=1S/C28H34N2O5/c1-27(2,16-24(31)32)29-25(33)23-14-8-9-15-28(23,3)30-26(34)35-17-22-20-12-6-4-10-18(20)19-11-5-7-13-21(19)22/h4-7,10-13,22-23H,8-9,14-17H2,1-3H3,(H,29,33)(H,30,34)(H,31,32). The topological polar surface area (TPSA) is 105 Å². The zero-order valence-electron chi connectivity index (χ0n) is 20.6. The minimum Gasteiger partial charge on any atom is -0.481 e. The second-order valence-corrected chi connectivity index (χ2v) is 10.6. The molecule has 2 atom stereocenters. The predicted octanol–water partition coefficient (Wildman–Crippen LogP) is 4.84. The molecular formula is C28H34N2O5. The van der Waals surface area contributed by atoms with Crippen LogP contribution in [0.25, 0.3) is 11.1 Å². The average molecular weight is 479 g/mol. The third-order valence-corrected chi connectivity index (χ3v) is 7.31. The van der Waals surface area contributed by atoms with Gasteiger partial charge in [0.25, 0.3) is 0 Å². The van der Waals surface area contributed by atoms with Crippen LogP contribution in [0.3, 0.4) is 0 Å². The van der Waals surface area contributed by atoms with Crippen LogP contribution in [0.2, 0.25) is 0 Å². The Morgan fingerprint density at radius 3 is 2.23 bits per heavy atom. The van der Waals surface area contributed by atoms with Crippen molar-refractivity contribution in [2.45, 2.75) is 69.9 Å². The van der Waals surface area contributed by atoms with Gasteiger partial charge in [-0.25, -0.2) is 4.79 Å². The second kappa shape index (κ2) is 9.72. The lowest BCUT2D eigenvalue weighted by Crippen LogP contribution is -2.59. The highest BCUT2D eigenvalue weighted by Gasteiger charge is 2.44. The summed E-state index contributed by atoms with van der Waals surface area (Å²) in [4.78, 5) is 37.2. The van der Waals surface area contributed by atoms with Gasteiger partial charge in [0, 0.05) is 11.5 Å². The summed E-state index contributed by atoms with van der Waals surface area (Å²) in [5.74, 6) is -1.72. The molecule has 2 aliphatic rings. The highest BCUT2D eigenvalue weighted by atomic mass is 16.5. The molecule has 2 aromatic rings. The van der Waals surface area contributed by atoms with Gasteiger partial charge in [-0.15, -0.1) is 0 Å². The van der Waals surface area contributed by atoms with Gasteiger partial charge in [0.05, 0.1) is 17.9 Å². The van der Waals surface area contributed by atoms with Gasteiger partial charge in [-0.1, -0.05) is 61.4 Å². The average Bonchev–Trinajstić information content (AvgIpc) is 3.10. The van der Waals surface area contributed by atoms with Crippen molar-refractivity contribution in [3.05, 3.63) is 59.7 Å². The molecule has 1 fully saturated rings. The van der Waals surface area contributed by atoms with Crippen LogP contribution in [-0.4, -0.2) is 40.8 Å². The number of aliphatic carboxylic acids is 1. The number of hydrogen-bond acceptors (Lipinski definition) is 4. The van der Waals surface area contributed by atoms with Gasteiger partial charge in [-0.3, -0.25) is 9.59 Å². The zero-order valence-corrected chi connectivity index (χ0v) is 20.6. The van der Waals surface area contributed by atoms with Gasteiger partial charge in [0.15, 0.2) is 0 Å². The number of carbonyl (C=O) groups is 3. The van der Waals surface area contributed by atoms with Crippen LogP contribution < -0.4 is 10.6 Å². The van der Waals surface area contributed by atoms with Gasteiger partial charge >= 0.3 is 12.1 Å². The molecule has 186 valence electrons. The van der Waals surface area contributed by atoms with Crippen molar-refractivity contribution < 1.29 is 24.2 Å². The number of alkyl carbamates (subject to hydrolysis) is 1. The summed E-state index contributed by atoms with van der Waals surface area (Å²) in [6.07, 6.45) is 2.31. The molecule has 0 aromatic heterocycles. The Bertz CT molecular complexity index is 1080. The maximum absolute atomic E-state index is 13.1. The molecule has 7 nitrogen and oxygen atoms in total. The molecule has 0 bridgehead atoms. The normalized spacial score (nSPS) is 21.5. The molecule has 2 aromatic carbocycles. The van der Waals surface area contributed by atoms with Crippen LogP contribution in [-0.2, 0) is 14.3 Å². The first-order valence-electron chi connectivity index (χ1n) is 12.3.